The molecule has 0 N–H and O–H groups in total. The maximum absolute atomic E-state index is 12.7. The van der Waals surface area contributed by atoms with Crippen LogP contribution in [0.4, 0.5) is 31.1 Å². The molecule has 0 bridgehead atoms. The van der Waals surface area contributed by atoms with Crippen molar-refractivity contribution in [1.82, 2.24) is 4.90 Å². The first-order valence-corrected chi connectivity index (χ1v) is 10.1. The molecule has 0 aromatic carbocycles. The third kappa shape index (κ3) is 5.47. The third-order valence-electron chi connectivity index (χ3n) is 6.31. The summed E-state index contributed by atoms with van der Waals surface area (Å²) >= 11 is 0. The number of halogens is 6. The van der Waals surface area contributed by atoms with Gasteiger partial charge in [0.15, 0.2) is 0 Å². The lowest BCUT2D eigenvalue weighted by Gasteiger charge is -2.48. The molecule has 2 aliphatic carbocycles. The molecule has 0 aromatic heterocycles. The van der Waals surface area contributed by atoms with E-state index < -0.39 is 24.5 Å². The van der Waals surface area contributed by atoms with Crippen molar-refractivity contribution in [3.05, 3.63) is 0 Å². The maximum Gasteiger partial charge on any atom is 0.434 e. The smallest absolute Gasteiger partial charge is 0.426 e. The minimum atomic E-state index is -5.69. The lowest BCUT2D eigenvalue weighted by molar-refractivity contribution is -0.308. The van der Waals surface area contributed by atoms with Crippen molar-refractivity contribution in [2.45, 2.75) is 77.2 Å². The number of ether oxygens (including phenoxy) is 1. The summed E-state index contributed by atoms with van der Waals surface area (Å²) in [5, 5.41) is 0. The van der Waals surface area contributed by atoms with Crippen molar-refractivity contribution in [2.75, 3.05) is 13.1 Å². The van der Waals surface area contributed by atoms with Crippen molar-refractivity contribution in [1.29, 1.82) is 0 Å². The van der Waals surface area contributed by atoms with E-state index in [0.29, 0.717) is 17.8 Å². The Morgan fingerprint density at radius 2 is 1.64 bits per heavy atom. The molecule has 164 valence electrons. The Balaban J connectivity index is 1.99. The molecule has 0 aromatic rings. The van der Waals surface area contributed by atoms with Gasteiger partial charge in [-0.2, -0.15) is 26.3 Å². The normalized spacial score (nSPS) is 24.5. The van der Waals surface area contributed by atoms with Gasteiger partial charge in [-0.1, -0.05) is 39.0 Å². The molecule has 28 heavy (non-hydrogen) atoms. The van der Waals surface area contributed by atoms with Gasteiger partial charge in [-0.3, -0.25) is 0 Å². The quantitative estimate of drug-likeness (QED) is 0.441. The highest BCUT2D eigenvalue weighted by Gasteiger charge is 2.60. The fraction of sp³-hybridized carbons (Fsp3) is 0.947. The summed E-state index contributed by atoms with van der Waals surface area (Å²) in [6, 6.07) is 0. The summed E-state index contributed by atoms with van der Waals surface area (Å²) in [7, 11) is 0. The average molecular weight is 417 g/mol. The van der Waals surface area contributed by atoms with Crippen LogP contribution in [-0.4, -0.2) is 42.5 Å². The number of carbonyl (C=O) groups is 1. The number of hydrogen-bond acceptors (Lipinski definition) is 2. The molecule has 2 aliphatic rings. The lowest BCUT2D eigenvalue weighted by Crippen LogP contribution is -2.50. The second-order valence-corrected chi connectivity index (χ2v) is 8.03. The van der Waals surface area contributed by atoms with E-state index in [1.807, 2.05) is 0 Å². The zero-order valence-corrected chi connectivity index (χ0v) is 16.3. The molecule has 3 unspecified atom stereocenters. The van der Waals surface area contributed by atoms with Crippen molar-refractivity contribution in [2.24, 2.45) is 23.7 Å². The van der Waals surface area contributed by atoms with E-state index in [2.05, 4.69) is 11.7 Å². The Labute approximate surface area is 161 Å². The molecule has 9 heteroatoms. The van der Waals surface area contributed by atoms with Gasteiger partial charge in [0.25, 0.3) is 6.10 Å². The van der Waals surface area contributed by atoms with Crippen LogP contribution in [0.1, 0.15) is 58.8 Å². The van der Waals surface area contributed by atoms with Crippen LogP contribution in [0.15, 0.2) is 0 Å². The fourth-order valence-corrected chi connectivity index (χ4v) is 4.50. The predicted octanol–water partition coefficient (Wildman–Crippen LogP) is 6.18. The van der Waals surface area contributed by atoms with Crippen LogP contribution in [-0.2, 0) is 4.74 Å². The number of rotatable bonds is 8. The van der Waals surface area contributed by atoms with Crippen LogP contribution in [0.5, 0.6) is 0 Å². The second kappa shape index (κ2) is 9.11. The van der Waals surface area contributed by atoms with Crippen LogP contribution >= 0.6 is 0 Å². The van der Waals surface area contributed by atoms with Gasteiger partial charge in [0.05, 0.1) is 0 Å². The second-order valence-electron chi connectivity index (χ2n) is 8.03. The average Bonchev–Trinajstić information content (AvgIpc) is 2.48. The Kier molecular flexibility index (Phi) is 7.53. The molecule has 0 aliphatic heterocycles. The van der Waals surface area contributed by atoms with E-state index in [1.54, 1.807) is 0 Å². The molecule has 2 rings (SSSR count). The summed E-state index contributed by atoms with van der Waals surface area (Å²) in [5.74, 6) is 1.69. The number of nitrogens with zero attached hydrogens (tertiary/aromatic N) is 1. The van der Waals surface area contributed by atoms with Crippen molar-refractivity contribution < 1.29 is 35.9 Å². The molecule has 0 radical (unpaired) electrons. The molecule has 3 atom stereocenters. The molecule has 0 saturated heterocycles. The number of hydrogen-bond donors (Lipinski definition) is 0. The van der Waals surface area contributed by atoms with E-state index in [1.165, 1.54) is 26.2 Å². The standard InChI is InChI=1S/C19H29F6NO2/c1-3-6-14(12-7-5-8-12)15-10-9-13(15)11-26(4-2)17(27)28-16(18(20,21)22)19(23,24)25/h12-16H,3-11H2,1-2H3. The Morgan fingerprint density at radius 1 is 1.04 bits per heavy atom. The third-order valence-corrected chi connectivity index (χ3v) is 6.31. The number of carbonyl (C=O) groups excluding carboxylic acids is 1. The number of alkyl halides is 6. The fourth-order valence-electron chi connectivity index (χ4n) is 4.50. The van der Waals surface area contributed by atoms with E-state index in [4.69, 9.17) is 0 Å². The predicted molar refractivity (Wildman–Crippen MR) is 91.6 cm³/mol. The summed E-state index contributed by atoms with van der Waals surface area (Å²) < 4.78 is 79.8. The Hall–Kier alpha value is -1.15. The number of amides is 1. The van der Waals surface area contributed by atoms with Gasteiger partial charge in [-0.25, -0.2) is 4.79 Å². The Morgan fingerprint density at radius 3 is 2.00 bits per heavy atom. The highest BCUT2D eigenvalue weighted by atomic mass is 19.4. The van der Waals surface area contributed by atoms with Crippen molar-refractivity contribution in [3.8, 4) is 0 Å². The molecular formula is C19H29F6NO2. The summed E-state index contributed by atoms with van der Waals surface area (Å²) in [4.78, 5) is 13.0. The Bertz CT molecular complexity index is 504. The zero-order chi connectivity index (χ0) is 21.1. The van der Waals surface area contributed by atoms with Crippen molar-refractivity contribution >= 4 is 6.09 Å². The molecular weight excluding hydrogens is 388 g/mol. The molecule has 2 saturated carbocycles. The molecule has 2 fully saturated rings. The first-order chi connectivity index (χ1) is 13.0. The summed E-state index contributed by atoms with van der Waals surface area (Å²) in [6.45, 7) is 3.80. The van der Waals surface area contributed by atoms with Gasteiger partial charge in [-0.05, 0) is 43.4 Å². The highest BCUT2D eigenvalue weighted by molar-refractivity contribution is 5.68. The minimum Gasteiger partial charge on any atom is -0.426 e. The van der Waals surface area contributed by atoms with Gasteiger partial charge in [0.2, 0.25) is 0 Å². The summed E-state index contributed by atoms with van der Waals surface area (Å²) in [5.41, 5.74) is 0. The minimum absolute atomic E-state index is 0.00631. The topological polar surface area (TPSA) is 29.5 Å². The van der Waals surface area contributed by atoms with E-state index >= 15 is 0 Å². The lowest BCUT2D eigenvalue weighted by atomic mass is 9.58. The van der Waals surface area contributed by atoms with Crippen LogP contribution in [0.2, 0.25) is 0 Å². The SMILES string of the molecule is CCCC(C1CCC1)C1CCC1CN(CC)C(=O)OC(C(F)(F)F)C(F)(F)F. The monoisotopic (exact) mass is 417 g/mol. The van der Waals surface area contributed by atoms with Gasteiger partial charge in [0, 0.05) is 13.1 Å². The van der Waals surface area contributed by atoms with Crippen LogP contribution in [0.25, 0.3) is 0 Å². The van der Waals surface area contributed by atoms with Crippen LogP contribution < -0.4 is 0 Å². The zero-order valence-electron chi connectivity index (χ0n) is 16.3. The van der Waals surface area contributed by atoms with Gasteiger partial charge >= 0.3 is 18.4 Å². The summed E-state index contributed by atoms with van der Waals surface area (Å²) in [6.07, 6.45) is -9.48. The largest absolute Gasteiger partial charge is 0.434 e. The molecule has 1 amide bonds. The van der Waals surface area contributed by atoms with Gasteiger partial charge in [0.1, 0.15) is 0 Å². The van der Waals surface area contributed by atoms with E-state index in [-0.39, 0.29) is 19.0 Å². The first-order valence-electron chi connectivity index (χ1n) is 10.1. The molecule has 0 spiro atoms. The maximum atomic E-state index is 12.7. The van der Waals surface area contributed by atoms with Gasteiger partial charge < -0.3 is 9.64 Å². The van der Waals surface area contributed by atoms with Gasteiger partial charge in [-0.15, -0.1) is 0 Å². The highest BCUT2D eigenvalue weighted by Crippen LogP contribution is 2.49. The van der Waals surface area contributed by atoms with Crippen LogP contribution in [0.3, 0.4) is 0 Å². The molecule has 0 heterocycles. The first kappa shape index (κ1) is 23.1. The molecule has 3 nitrogen and oxygen atoms in total. The van der Waals surface area contributed by atoms with Crippen molar-refractivity contribution in [3.63, 3.8) is 0 Å². The van der Waals surface area contributed by atoms with Crippen LogP contribution in [0, 0.1) is 23.7 Å². The van der Waals surface area contributed by atoms with E-state index in [9.17, 15) is 31.1 Å². The van der Waals surface area contributed by atoms with E-state index in [0.717, 1.165) is 30.6 Å².